The van der Waals surface area contributed by atoms with Gasteiger partial charge in [-0.25, -0.2) is 4.98 Å². The number of nitriles is 2. The van der Waals surface area contributed by atoms with Crippen molar-refractivity contribution in [1.82, 2.24) is 4.98 Å². The quantitative estimate of drug-likeness (QED) is 0.468. The minimum absolute atomic E-state index is 0.00891. The molecule has 0 unspecified atom stereocenters. The van der Waals surface area contributed by atoms with Crippen LogP contribution in [0.25, 0.3) is 11.1 Å². The van der Waals surface area contributed by atoms with Gasteiger partial charge in [-0.3, -0.25) is 0 Å². The monoisotopic (exact) mass is 374 g/mol. The third kappa shape index (κ3) is 3.64. The predicted molar refractivity (Wildman–Crippen MR) is 103 cm³/mol. The predicted octanol–water partition coefficient (Wildman–Crippen LogP) is 3.78. The molecular weight excluding hydrogens is 360 g/mol. The molecule has 132 valence electrons. The number of benzene rings is 2. The molecule has 6 nitrogen and oxygen atoms in total. The summed E-state index contributed by atoms with van der Waals surface area (Å²) in [6.45, 7) is 0. The number of aromatic hydroxyl groups is 2. The number of hydrogen-bond acceptors (Lipinski definition) is 7. The van der Waals surface area contributed by atoms with E-state index in [1.807, 2.05) is 36.4 Å². The first-order chi connectivity index (χ1) is 13.0. The zero-order valence-corrected chi connectivity index (χ0v) is 14.9. The Morgan fingerprint density at radius 2 is 1.67 bits per heavy atom. The number of thioether (sulfide) groups is 1. The molecule has 3 rings (SSSR count). The van der Waals surface area contributed by atoms with Gasteiger partial charge in [0.25, 0.3) is 0 Å². The van der Waals surface area contributed by atoms with E-state index < -0.39 is 0 Å². The van der Waals surface area contributed by atoms with E-state index in [9.17, 15) is 20.7 Å². The average molecular weight is 374 g/mol. The zero-order chi connectivity index (χ0) is 19.4. The number of phenolic OH excluding ortho intramolecular Hbond substituents is 2. The molecule has 2 aromatic carbocycles. The lowest BCUT2D eigenvalue weighted by molar-refractivity contribution is 0.404. The van der Waals surface area contributed by atoms with Crippen molar-refractivity contribution in [3.63, 3.8) is 0 Å². The summed E-state index contributed by atoms with van der Waals surface area (Å²) in [5, 5.41) is 39.0. The molecule has 0 saturated heterocycles. The highest BCUT2D eigenvalue weighted by atomic mass is 32.2. The van der Waals surface area contributed by atoms with E-state index in [0.29, 0.717) is 21.9 Å². The Balaban J connectivity index is 2.13. The van der Waals surface area contributed by atoms with Gasteiger partial charge in [-0.05, 0) is 23.3 Å². The van der Waals surface area contributed by atoms with Crippen LogP contribution in [0.3, 0.4) is 0 Å². The maximum absolute atomic E-state index is 9.81. The molecule has 0 aliphatic rings. The first-order valence-corrected chi connectivity index (χ1v) is 8.86. The van der Waals surface area contributed by atoms with Gasteiger partial charge in [-0.15, -0.1) is 11.8 Å². The van der Waals surface area contributed by atoms with Crippen LogP contribution in [0.5, 0.6) is 11.5 Å². The fraction of sp³-hybridized carbons (Fsp3) is 0.0500. The highest BCUT2D eigenvalue weighted by Gasteiger charge is 2.21. The van der Waals surface area contributed by atoms with Crippen LogP contribution in [0, 0.1) is 22.7 Å². The lowest BCUT2D eigenvalue weighted by atomic mass is 9.96. The van der Waals surface area contributed by atoms with Crippen molar-refractivity contribution in [2.45, 2.75) is 10.8 Å². The summed E-state index contributed by atoms with van der Waals surface area (Å²) in [7, 11) is 0. The number of phenols is 2. The minimum Gasteiger partial charge on any atom is -0.504 e. The first-order valence-electron chi connectivity index (χ1n) is 7.88. The number of hydrogen-bond donors (Lipinski definition) is 3. The van der Waals surface area contributed by atoms with Crippen LogP contribution in [0.15, 0.2) is 53.6 Å². The number of pyridine rings is 1. The van der Waals surface area contributed by atoms with E-state index in [0.717, 1.165) is 5.56 Å². The van der Waals surface area contributed by atoms with E-state index >= 15 is 0 Å². The van der Waals surface area contributed by atoms with Gasteiger partial charge >= 0.3 is 0 Å². The molecule has 0 amide bonds. The molecule has 0 aliphatic carbocycles. The van der Waals surface area contributed by atoms with Crippen LogP contribution in [-0.2, 0) is 5.75 Å². The lowest BCUT2D eigenvalue weighted by Gasteiger charge is -2.13. The van der Waals surface area contributed by atoms with Gasteiger partial charge in [0.2, 0.25) is 0 Å². The summed E-state index contributed by atoms with van der Waals surface area (Å²) in [5.41, 5.74) is 7.96. The van der Waals surface area contributed by atoms with Crippen molar-refractivity contribution >= 4 is 17.6 Å². The topological polar surface area (TPSA) is 127 Å². The Morgan fingerprint density at radius 1 is 0.963 bits per heavy atom. The molecule has 0 fully saturated rings. The summed E-state index contributed by atoms with van der Waals surface area (Å²) in [6, 6.07) is 17.9. The second kappa shape index (κ2) is 7.69. The highest BCUT2D eigenvalue weighted by molar-refractivity contribution is 7.98. The van der Waals surface area contributed by atoms with Gasteiger partial charge in [-0.1, -0.05) is 36.4 Å². The Labute approximate surface area is 160 Å². The van der Waals surface area contributed by atoms with Crippen LogP contribution in [0.4, 0.5) is 5.82 Å². The largest absolute Gasteiger partial charge is 0.504 e. The van der Waals surface area contributed by atoms with Crippen molar-refractivity contribution in [3.8, 4) is 34.8 Å². The SMILES string of the molecule is N#Cc1c(N)nc(SCc2ccccc2)c(C#N)c1-c1ccc(O)c(O)c1. The van der Waals surface area contributed by atoms with Gasteiger partial charge in [0.15, 0.2) is 11.5 Å². The molecule has 0 saturated carbocycles. The Morgan fingerprint density at radius 3 is 2.30 bits per heavy atom. The smallest absolute Gasteiger partial charge is 0.158 e. The standard InChI is InChI=1S/C20H14N4O2S/c21-9-14-18(13-6-7-16(25)17(26)8-13)15(10-22)20(24-19(14)23)27-11-12-4-2-1-3-5-12/h1-8,25-26H,11H2,(H2,23,24). The number of aromatic nitrogens is 1. The number of rotatable bonds is 4. The molecule has 0 atom stereocenters. The summed E-state index contributed by atoms with van der Waals surface area (Å²) < 4.78 is 0. The number of nitrogens with zero attached hydrogens (tertiary/aromatic N) is 3. The Bertz CT molecular complexity index is 1090. The van der Waals surface area contributed by atoms with E-state index in [4.69, 9.17) is 5.73 Å². The number of nitrogens with two attached hydrogens (primary N) is 1. The van der Waals surface area contributed by atoms with Crippen LogP contribution in [-0.4, -0.2) is 15.2 Å². The van der Waals surface area contributed by atoms with Gasteiger partial charge < -0.3 is 15.9 Å². The normalized spacial score (nSPS) is 10.1. The number of anilines is 1. The first kappa shape index (κ1) is 18.1. The van der Waals surface area contributed by atoms with Crippen molar-refractivity contribution in [3.05, 3.63) is 65.2 Å². The van der Waals surface area contributed by atoms with Gasteiger partial charge in [-0.2, -0.15) is 10.5 Å². The van der Waals surface area contributed by atoms with Crippen molar-refractivity contribution < 1.29 is 10.2 Å². The molecular formula is C20H14N4O2S. The summed E-state index contributed by atoms with van der Waals surface area (Å²) in [4.78, 5) is 4.24. The lowest BCUT2D eigenvalue weighted by Crippen LogP contribution is -2.03. The second-order valence-electron chi connectivity index (χ2n) is 5.63. The molecule has 0 aliphatic heterocycles. The average Bonchev–Trinajstić information content (AvgIpc) is 2.68. The van der Waals surface area contributed by atoms with Gasteiger partial charge in [0, 0.05) is 11.3 Å². The third-order valence-corrected chi connectivity index (χ3v) is 4.94. The maximum Gasteiger partial charge on any atom is 0.158 e. The van der Waals surface area contributed by atoms with Crippen LogP contribution in [0.1, 0.15) is 16.7 Å². The summed E-state index contributed by atoms with van der Waals surface area (Å²) in [5.74, 6) is -0.0612. The number of nitrogen functional groups attached to an aromatic ring is 1. The van der Waals surface area contributed by atoms with Gasteiger partial charge in [0.1, 0.15) is 28.5 Å². The van der Waals surface area contributed by atoms with Crippen LogP contribution in [0.2, 0.25) is 0 Å². The fourth-order valence-corrected chi connectivity index (χ4v) is 3.55. The highest BCUT2D eigenvalue weighted by Crippen LogP contribution is 2.39. The summed E-state index contributed by atoms with van der Waals surface area (Å²) in [6.07, 6.45) is 0. The molecule has 1 aromatic heterocycles. The molecule has 3 aromatic rings. The van der Waals surface area contributed by atoms with E-state index in [1.54, 1.807) is 0 Å². The zero-order valence-electron chi connectivity index (χ0n) is 14.0. The molecule has 0 radical (unpaired) electrons. The van der Waals surface area contributed by atoms with Crippen molar-refractivity contribution in [1.29, 1.82) is 10.5 Å². The molecule has 0 bridgehead atoms. The minimum atomic E-state index is -0.353. The molecule has 1 heterocycles. The maximum atomic E-state index is 9.81. The molecule has 4 N–H and O–H groups in total. The Kier molecular flexibility index (Phi) is 5.16. The Hall–Kier alpha value is -3.68. The third-order valence-electron chi connectivity index (χ3n) is 3.90. The molecule has 0 spiro atoms. The van der Waals surface area contributed by atoms with Crippen LogP contribution >= 0.6 is 11.8 Å². The fourth-order valence-electron chi connectivity index (χ4n) is 2.60. The van der Waals surface area contributed by atoms with E-state index in [-0.39, 0.29) is 28.4 Å². The van der Waals surface area contributed by atoms with E-state index in [1.165, 1.54) is 30.0 Å². The van der Waals surface area contributed by atoms with Crippen molar-refractivity contribution in [2.24, 2.45) is 0 Å². The van der Waals surface area contributed by atoms with Gasteiger partial charge in [0.05, 0.1) is 5.56 Å². The van der Waals surface area contributed by atoms with Crippen LogP contribution < -0.4 is 5.73 Å². The molecule has 27 heavy (non-hydrogen) atoms. The summed E-state index contributed by atoms with van der Waals surface area (Å²) >= 11 is 1.34. The van der Waals surface area contributed by atoms with Crippen molar-refractivity contribution in [2.75, 3.05) is 5.73 Å². The molecule has 7 heteroatoms. The second-order valence-corrected chi connectivity index (χ2v) is 6.59. The van der Waals surface area contributed by atoms with E-state index in [2.05, 4.69) is 11.1 Å².